The van der Waals surface area contributed by atoms with Crippen LogP contribution in [0, 0.1) is 0 Å². The van der Waals surface area contributed by atoms with Crippen molar-refractivity contribution in [2.45, 2.75) is 13.5 Å². The molecule has 0 saturated heterocycles. The molecule has 0 fully saturated rings. The first-order chi connectivity index (χ1) is 4.77. The Labute approximate surface area is 71.7 Å². The zero-order chi connectivity index (χ0) is 7.56. The molecule has 0 saturated carbocycles. The molecule has 0 radical (unpaired) electrons. The van der Waals surface area contributed by atoms with Crippen LogP contribution >= 0.6 is 12.4 Å². The van der Waals surface area contributed by atoms with Gasteiger partial charge in [-0.1, -0.05) is 0 Å². The molecule has 0 unspecified atom stereocenters. The van der Waals surface area contributed by atoms with Crippen molar-refractivity contribution in [3.8, 4) is 5.88 Å². The van der Waals surface area contributed by atoms with Gasteiger partial charge < -0.3 is 10.5 Å². The molecule has 0 atom stereocenters. The lowest BCUT2D eigenvalue weighted by molar-refractivity contribution is 0.391. The molecule has 5 heteroatoms. The van der Waals surface area contributed by atoms with Gasteiger partial charge in [0.1, 0.15) is 5.69 Å². The maximum atomic E-state index is 5.52. The van der Waals surface area contributed by atoms with E-state index in [0.29, 0.717) is 11.6 Å². The van der Waals surface area contributed by atoms with Gasteiger partial charge in [0.05, 0.1) is 13.3 Å². The van der Waals surface area contributed by atoms with E-state index in [-0.39, 0.29) is 12.4 Å². The van der Waals surface area contributed by atoms with Gasteiger partial charge in [-0.2, -0.15) is 0 Å². The fourth-order valence-electron chi connectivity index (χ4n) is 0.740. The predicted molar refractivity (Wildman–Crippen MR) is 46.1 cm³/mol. The van der Waals surface area contributed by atoms with Gasteiger partial charge in [-0.15, -0.1) is 17.5 Å². The highest BCUT2D eigenvalue weighted by atomic mass is 35.5. The number of halogens is 1. The lowest BCUT2D eigenvalue weighted by atomic mass is 10.6. The maximum absolute atomic E-state index is 5.52. The van der Waals surface area contributed by atoms with Gasteiger partial charge in [-0.25, -0.2) is 0 Å². The first-order valence-corrected chi connectivity index (χ1v) is 3.14. The van der Waals surface area contributed by atoms with Gasteiger partial charge in [0.25, 0.3) is 5.88 Å². The number of rotatable bonds is 2. The summed E-state index contributed by atoms with van der Waals surface area (Å²) in [7, 11) is 1.55. The van der Waals surface area contributed by atoms with E-state index in [4.69, 9.17) is 10.5 Å². The van der Waals surface area contributed by atoms with E-state index >= 15 is 0 Å². The third kappa shape index (κ3) is 2.01. The zero-order valence-corrected chi connectivity index (χ0v) is 7.39. The van der Waals surface area contributed by atoms with Gasteiger partial charge in [0, 0.05) is 6.54 Å². The van der Waals surface area contributed by atoms with Crippen molar-refractivity contribution >= 4 is 18.1 Å². The van der Waals surface area contributed by atoms with Gasteiger partial charge in [-0.3, -0.25) is 4.68 Å². The average molecular weight is 178 g/mol. The molecule has 1 rings (SSSR count). The number of hydrogen-bond acceptors (Lipinski definition) is 3. The Morgan fingerprint density at radius 2 is 2.36 bits per heavy atom. The monoisotopic (exact) mass is 177 g/mol. The Kier molecular flexibility index (Phi) is 3.74. The molecule has 1 heterocycles. The highest BCUT2D eigenvalue weighted by Gasteiger charge is 2.02. The number of hydrogen-bond donors (Lipinski definition) is 1. The maximum Gasteiger partial charge on any atom is 0.255 e. The Bertz CT molecular complexity index is 224. The minimum absolute atomic E-state index is 0. The van der Waals surface area contributed by atoms with Crippen LogP contribution in [-0.2, 0) is 6.54 Å². The van der Waals surface area contributed by atoms with Crippen LogP contribution in [-0.4, -0.2) is 16.9 Å². The summed E-state index contributed by atoms with van der Waals surface area (Å²) in [6.45, 7) is 2.80. The Balaban J connectivity index is 0.000001000. The number of aromatic nitrogens is 2. The Morgan fingerprint density at radius 1 is 1.73 bits per heavy atom. The number of anilines is 1. The predicted octanol–water partition coefficient (Wildman–Crippen LogP) is 0.916. The van der Waals surface area contributed by atoms with E-state index in [1.165, 1.54) is 0 Å². The van der Waals surface area contributed by atoms with Crippen LogP contribution in [0.3, 0.4) is 0 Å². The van der Waals surface area contributed by atoms with E-state index in [1.807, 2.05) is 6.92 Å². The van der Waals surface area contributed by atoms with E-state index in [0.717, 1.165) is 6.54 Å². The SMILES string of the molecule is CCn1cc(N)c(OC)n1.Cl. The molecule has 0 aliphatic carbocycles. The fourth-order valence-corrected chi connectivity index (χ4v) is 0.740. The molecule has 64 valence electrons. The second kappa shape index (κ2) is 4.08. The molecule has 0 aliphatic rings. The highest BCUT2D eigenvalue weighted by molar-refractivity contribution is 5.85. The third-order valence-electron chi connectivity index (χ3n) is 1.27. The molecular weight excluding hydrogens is 166 g/mol. The van der Waals surface area contributed by atoms with Crippen molar-refractivity contribution in [3.63, 3.8) is 0 Å². The van der Waals surface area contributed by atoms with Crippen molar-refractivity contribution in [2.75, 3.05) is 12.8 Å². The number of nitrogens with zero attached hydrogens (tertiary/aromatic N) is 2. The molecule has 0 spiro atoms. The molecule has 2 N–H and O–H groups in total. The summed E-state index contributed by atoms with van der Waals surface area (Å²) in [5, 5.41) is 4.02. The largest absolute Gasteiger partial charge is 0.478 e. The molecular formula is C6H12ClN3O. The zero-order valence-electron chi connectivity index (χ0n) is 6.57. The summed E-state index contributed by atoms with van der Waals surface area (Å²) in [6.07, 6.45) is 1.75. The molecule has 0 aromatic carbocycles. The molecule has 1 aromatic heterocycles. The van der Waals surface area contributed by atoms with E-state index < -0.39 is 0 Å². The van der Waals surface area contributed by atoms with Crippen molar-refractivity contribution < 1.29 is 4.74 Å². The van der Waals surface area contributed by atoms with Crippen LogP contribution in [0.15, 0.2) is 6.20 Å². The second-order valence-corrected chi connectivity index (χ2v) is 1.95. The van der Waals surface area contributed by atoms with E-state index in [1.54, 1.807) is 18.0 Å². The van der Waals surface area contributed by atoms with Crippen LogP contribution < -0.4 is 10.5 Å². The minimum Gasteiger partial charge on any atom is -0.478 e. The number of aryl methyl sites for hydroxylation is 1. The standard InChI is InChI=1S/C6H11N3O.ClH/c1-3-9-4-5(7)6(8-9)10-2;/h4H,3,7H2,1-2H3;1H. The summed E-state index contributed by atoms with van der Waals surface area (Å²) in [5.74, 6) is 0.502. The van der Waals surface area contributed by atoms with Crippen molar-refractivity contribution in [1.82, 2.24) is 9.78 Å². The first kappa shape index (κ1) is 10.1. The molecule has 0 amide bonds. The van der Waals surface area contributed by atoms with Gasteiger partial charge in [0.2, 0.25) is 0 Å². The molecule has 0 bridgehead atoms. The normalized spacial score (nSPS) is 8.91. The third-order valence-corrected chi connectivity index (χ3v) is 1.27. The number of nitrogens with two attached hydrogens (primary N) is 1. The van der Waals surface area contributed by atoms with Crippen LogP contribution in [0.2, 0.25) is 0 Å². The lowest BCUT2D eigenvalue weighted by Gasteiger charge is -1.92. The molecule has 11 heavy (non-hydrogen) atoms. The smallest absolute Gasteiger partial charge is 0.255 e. The van der Waals surface area contributed by atoms with Gasteiger partial charge in [0.15, 0.2) is 0 Å². The van der Waals surface area contributed by atoms with Crippen LogP contribution in [0.4, 0.5) is 5.69 Å². The topological polar surface area (TPSA) is 53.1 Å². The Morgan fingerprint density at radius 3 is 2.64 bits per heavy atom. The summed E-state index contributed by atoms with van der Waals surface area (Å²) in [4.78, 5) is 0. The number of nitrogen functional groups attached to an aromatic ring is 1. The first-order valence-electron chi connectivity index (χ1n) is 3.14. The summed E-state index contributed by atoms with van der Waals surface area (Å²) in [5.41, 5.74) is 6.11. The van der Waals surface area contributed by atoms with Crippen LogP contribution in [0.5, 0.6) is 5.88 Å². The van der Waals surface area contributed by atoms with Gasteiger partial charge >= 0.3 is 0 Å². The quantitative estimate of drug-likeness (QED) is 0.731. The van der Waals surface area contributed by atoms with Crippen molar-refractivity contribution in [3.05, 3.63) is 6.20 Å². The highest BCUT2D eigenvalue weighted by Crippen LogP contribution is 2.16. The van der Waals surface area contributed by atoms with Gasteiger partial charge in [-0.05, 0) is 6.92 Å². The second-order valence-electron chi connectivity index (χ2n) is 1.95. The molecule has 4 nitrogen and oxygen atoms in total. The van der Waals surface area contributed by atoms with Crippen LogP contribution in [0.1, 0.15) is 6.92 Å². The molecule has 1 aromatic rings. The van der Waals surface area contributed by atoms with E-state index in [9.17, 15) is 0 Å². The lowest BCUT2D eigenvalue weighted by Crippen LogP contribution is -1.94. The fraction of sp³-hybridized carbons (Fsp3) is 0.500. The summed E-state index contributed by atoms with van der Waals surface area (Å²) in [6, 6.07) is 0. The Hall–Kier alpha value is -0.900. The van der Waals surface area contributed by atoms with Crippen LogP contribution in [0.25, 0.3) is 0 Å². The van der Waals surface area contributed by atoms with Crippen molar-refractivity contribution in [2.24, 2.45) is 0 Å². The van der Waals surface area contributed by atoms with E-state index in [2.05, 4.69) is 5.10 Å². The minimum atomic E-state index is 0. The summed E-state index contributed by atoms with van der Waals surface area (Å²) < 4.78 is 6.60. The van der Waals surface area contributed by atoms with Crippen molar-refractivity contribution in [1.29, 1.82) is 0 Å². The average Bonchev–Trinajstić information content (AvgIpc) is 2.30. The number of methoxy groups -OCH3 is 1. The molecule has 0 aliphatic heterocycles. The summed E-state index contributed by atoms with van der Waals surface area (Å²) >= 11 is 0. The number of ether oxygens (including phenoxy) is 1.